The van der Waals surface area contributed by atoms with Gasteiger partial charge in [0, 0.05) is 23.9 Å². The number of ether oxygens (including phenoxy) is 1. The van der Waals surface area contributed by atoms with Crippen molar-refractivity contribution in [3.63, 3.8) is 0 Å². The molecule has 1 aromatic carbocycles. The number of nitrogens with zero attached hydrogens (tertiary/aromatic N) is 2. The highest BCUT2D eigenvalue weighted by Crippen LogP contribution is 2.40. The lowest BCUT2D eigenvalue weighted by Crippen LogP contribution is -2.13. The second-order valence-corrected chi connectivity index (χ2v) is 6.51. The Morgan fingerprint density at radius 3 is 2.80 bits per heavy atom. The van der Waals surface area contributed by atoms with Gasteiger partial charge in [0.05, 0.1) is 11.7 Å². The average Bonchev–Trinajstić information content (AvgIpc) is 3.34. The van der Waals surface area contributed by atoms with Crippen LogP contribution in [0.4, 0.5) is 5.69 Å². The van der Waals surface area contributed by atoms with Crippen molar-refractivity contribution in [1.82, 2.24) is 9.97 Å². The fraction of sp³-hybridized carbons (Fsp3) is 0.316. The number of fused-ring (bicyclic) bond motifs is 1. The van der Waals surface area contributed by atoms with Gasteiger partial charge in [-0.05, 0) is 51.0 Å². The number of aromatic nitrogens is 2. The van der Waals surface area contributed by atoms with E-state index in [1.165, 1.54) is 6.20 Å². The number of carbonyl (C=O) groups is 1. The van der Waals surface area contributed by atoms with E-state index in [1.807, 2.05) is 32.0 Å². The Morgan fingerprint density at radius 2 is 2.12 bits per heavy atom. The first kappa shape index (κ1) is 15.6. The van der Waals surface area contributed by atoms with Crippen molar-refractivity contribution in [3.05, 3.63) is 48.0 Å². The van der Waals surface area contributed by atoms with Crippen molar-refractivity contribution in [3.8, 4) is 5.88 Å². The summed E-state index contributed by atoms with van der Waals surface area (Å²) >= 11 is 0. The molecule has 0 atom stereocenters. The maximum Gasteiger partial charge on any atom is 0.257 e. The first-order valence-electron chi connectivity index (χ1n) is 8.43. The van der Waals surface area contributed by atoms with Crippen molar-refractivity contribution in [2.75, 3.05) is 5.32 Å². The zero-order chi connectivity index (χ0) is 17.4. The van der Waals surface area contributed by atoms with E-state index in [1.54, 1.807) is 12.1 Å². The third-order valence-electron chi connectivity index (χ3n) is 3.94. The number of oxazole rings is 1. The number of nitrogens with one attached hydrogen (secondary N) is 1. The minimum absolute atomic E-state index is 0.0434. The zero-order valence-corrected chi connectivity index (χ0v) is 14.2. The van der Waals surface area contributed by atoms with Crippen LogP contribution in [0.5, 0.6) is 5.88 Å². The summed E-state index contributed by atoms with van der Waals surface area (Å²) in [5.41, 5.74) is 2.65. The number of rotatable bonds is 5. The van der Waals surface area contributed by atoms with Crippen molar-refractivity contribution >= 4 is 22.7 Å². The third kappa shape index (κ3) is 3.47. The molecule has 2 aromatic heterocycles. The summed E-state index contributed by atoms with van der Waals surface area (Å²) in [4.78, 5) is 21.0. The molecular weight excluding hydrogens is 318 g/mol. The summed E-state index contributed by atoms with van der Waals surface area (Å²) in [5.74, 6) is 1.53. The fourth-order valence-electron chi connectivity index (χ4n) is 2.56. The van der Waals surface area contributed by atoms with Crippen LogP contribution in [-0.4, -0.2) is 22.0 Å². The number of benzene rings is 1. The van der Waals surface area contributed by atoms with Crippen LogP contribution in [0.25, 0.3) is 11.1 Å². The van der Waals surface area contributed by atoms with E-state index in [4.69, 9.17) is 9.15 Å². The van der Waals surface area contributed by atoms with E-state index >= 15 is 0 Å². The van der Waals surface area contributed by atoms with Gasteiger partial charge in [0.2, 0.25) is 5.88 Å². The summed E-state index contributed by atoms with van der Waals surface area (Å²) in [6, 6.07) is 8.86. The van der Waals surface area contributed by atoms with Gasteiger partial charge >= 0.3 is 0 Å². The monoisotopic (exact) mass is 337 g/mol. The zero-order valence-electron chi connectivity index (χ0n) is 14.2. The van der Waals surface area contributed by atoms with Gasteiger partial charge < -0.3 is 14.5 Å². The van der Waals surface area contributed by atoms with Crippen LogP contribution < -0.4 is 10.1 Å². The van der Waals surface area contributed by atoms with Crippen LogP contribution >= 0.6 is 0 Å². The van der Waals surface area contributed by atoms with E-state index in [2.05, 4.69) is 15.3 Å². The summed E-state index contributed by atoms with van der Waals surface area (Å²) in [5, 5.41) is 2.86. The Kier molecular flexibility index (Phi) is 3.87. The van der Waals surface area contributed by atoms with Crippen molar-refractivity contribution in [1.29, 1.82) is 0 Å². The molecule has 4 rings (SSSR count). The summed E-state index contributed by atoms with van der Waals surface area (Å²) in [6.45, 7) is 3.86. The normalized spacial score (nSPS) is 14.0. The number of pyridine rings is 1. The lowest BCUT2D eigenvalue weighted by atomic mass is 10.2. The van der Waals surface area contributed by atoms with E-state index < -0.39 is 0 Å². The highest BCUT2D eigenvalue weighted by Gasteiger charge is 2.28. The van der Waals surface area contributed by atoms with Crippen molar-refractivity contribution in [2.45, 2.75) is 38.7 Å². The predicted octanol–water partition coefficient (Wildman–Crippen LogP) is 4.14. The molecule has 1 saturated carbocycles. The predicted molar refractivity (Wildman–Crippen MR) is 93.9 cm³/mol. The molecule has 0 aliphatic heterocycles. The Balaban J connectivity index is 1.48. The van der Waals surface area contributed by atoms with Gasteiger partial charge in [-0.2, -0.15) is 0 Å². The molecular formula is C19H19N3O3. The standard InChI is InChI=1S/C19H19N3O3/c1-11(2)24-17-8-5-13(10-20-17)18(23)21-14-6-7-16-15(9-14)22-19(25-16)12-3-4-12/h5-12H,3-4H2,1-2H3,(H,21,23). The molecule has 1 amide bonds. The Hall–Kier alpha value is -2.89. The molecule has 1 fully saturated rings. The molecule has 0 saturated heterocycles. The minimum Gasteiger partial charge on any atom is -0.475 e. The van der Waals surface area contributed by atoms with Crippen LogP contribution in [0, 0.1) is 0 Å². The average molecular weight is 337 g/mol. The lowest BCUT2D eigenvalue weighted by molar-refractivity contribution is 0.102. The smallest absolute Gasteiger partial charge is 0.257 e. The van der Waals surface area contributed by atoms with Gasteiger partial charge in [0.1, 0.15) is 5.52 Å². The number of hydrogen-bond acceptors (Lipinski definition) is 5. The molecule has 0 spiro atoms. The molecule has 3 aromatic rings. The maximum absolute atomic E-state index is 12.4. The number of amides is 1. The molecule has 128 valence electrons. The Morgan fingerprint density at radius 1 is 1.28 bits per heavy atom. The van der Waals surface area contributed by atoms with E-state index in [0.717, 1.165) is 29.8 Å². The Bertz CT molecular complexity index is 911. The SMILES string of the molecule is CC(C)Oc1ccc(C(=O)Nc2ccc3oc(C4CC4)nc3c2)cn1. The van der Waals surface area contributed by atoms with Crippen LogP contribution in [-0.2, 0) is 0 Å². The van der Waals surface area contributed by atoms with Crippen molar-refractivity contribution < 1.29 is 13.9 Å². The third-order valence-corrected chi connectivity index (χ3v) is 3.94. The number of anilines is 1. The van der Waals surface area contributed by atoms with Gasteiger partial charge in [-0.1, -0.05) is 0 Å². The van der Waals surface area contributed by atoms with Gasteiger partial charge in [-0.3, -0.25) is 4.79 Å². The Labute approximate surface area is 145 Å². The van der Waals surface area contributed by atoms with E-state index in [9.17, 15) is 4.79 Å². The van der Waals surface area contributed by atoms with Gasteiger partial charge in [0.25, 0.3) is 5.91 Å². The largest absolute Gasteiger partial charge is 0.475 e. The van der Waals surface area contributed by atoms with Gasteiger partial charge in [0.15, 0.2) is 11.5 Å². The topological polar surface area (TPSA) is 77.2 Å². The lowest BCUT2D eigenvalue weighted by Gasteiger charge is -2.09. The quantitative estimate of drug-likeness (QED) is 0.757. The molecule has 0 bridgehead atoms. The first-order chi connectivity index (χ1) is 12.1. The van der Waals surface area contributed by atoms with Crippen LogP contribution in [0.1, 0.15) is 48.9 Å². The van der Waals surface area contributed by atoms with Gasteiger partial charge in [-0.25, -0.2) is 9.97 Å². The molecule has 25 heavy (non-hydrogen) atoms. The number of hydrogen-bond donors (Lipinski definition) is 1. The van der Waals surface area contributed by atoms with E-state index in [0.29, 0.717) is 23.0 Å². The molecule has 0 unspecified atom stereocenters. The first-order valence-corrected chi connectivity index (χ1v) is 8.43. The van der Waals surface area contributed by atoms with E-state index in [-0.39, 0.29) is 12.0 Å². The number of carbonyl (C=O) groups excluding carboxylic acids is 1. The van der Waals surface area contributed by atoms with Crippen LogP contribution in [0.3, 0.4) is 0 Å². The molecule has 6 nitrogen and oxygen atoms in total. The van der Waals surface area contributed by atoms with Gasteiger partial charge in [-0.15, -0.1) is 0 Å². The summed E-state index contributed by atoms with van der Waals surface area (Å²) < 4.78 is 11.2. The second kappa shape index (κ2) is 6.20. The maximum atomic E-state index is 12.4. The van der Waals surface area contributed by atoms with Crippen molar-refractivity contribution in [2.24, 2.45) is 0 Å². The fourth-order valence-corrected chi connectivity index (χ4v) is 2.56. The molecule has 1 N–H and O–H groups in total. The highest BCUT2D eigenvalue weighted by molar-refractivity contribution is 6.04. The summed E-state index contributed by atoms with van der Waals surface area (Å²) in [7, 11) is 0. The molecule has 1 aliphatic carbocycles. The molecule has 0 radical (unpaired) electrons. The highest BCUT2D eigenvalue weighted by atomic mass is 16.5. The second-order valence-electron chi connectivity index (χ2n) is 6.51. The summed E-state index contributed by atoms with van der Waals surface area (Å²) in [6.07, 6.45) is 3.83. The van der Waals surface area contributed by atoms with Crippen LogP contribution in [0.2, 0.25) is 0 Å². The van der Waals surface area contributed by atoms with Crippen LogP contribution in [0.15, 0.2) is 40.9 Å². The minimum atomic E-state index is -0.228. The molecule has 6 heteroatoms. The molecule has 2 heterocycles. The molecule has 1 aliphatic rings.